The molecule has 2 rings (SSSR count). The van der Waals surface area contributed by atoms with Crippen LogP contribution in [0.4, 0.5) is 0 Å². The Labute approximate surface area is 144 Å². The van der Waals surface area contributed by atoms with Gasteiger partial charge in [-0.25, -0.2) is 8.42 Å². The Balaban J connectivity index is 0.00000264. The van der Waals surface area contributed by atoms with Crippen LogP contribution in [0.25, 0.3) is 0 Å². The maximum absolute atomic E-state index is 12.4. The smallest absolute Gasteiger partial charge is 0.241 e. The molecule has 23 heavy (non-hydrogen) atoms. The average Bonchev–Trinajstić information content (AvgIpc) is 2.54. The molecule has 0 bridgehead atoms. The Morgan fingerprint density at radius 3 is 2.48 bits per heavy atom. The number of rotatable bonds is 6. The van der Waals surface area contributed by atoms with Crippen molar-refractivity contribution >= 4 is 28.3 Å². The predicted molar refractivity (Wildman–Crippen MR) is 94.0 cm³/mol. The molecule has 1 aliphatic rings. The van der Waals surface area contributed by atoms with Crippen LogP contribution in [0.1, 0.15) is 18.4 Å². The monoisotopic (exact) mass is 358 g/mol. The quantitative estimate of drug-likeness (QED) is 0.758. The lowest BCUT2D eigenvalue weighted by atomic mass is 9.98. The van der Waals surface area contributed by atoms with E-state index in [9.17, 15) is 13.2 Å². The molecule has 2 N–H and O–H groups in total. The van der Waals surface area contributed by atoms with Crippen LogP contribution >= 0.6 is 12.4 Å². The highest BCUT2D eigenvalue weighted by atomic mass is 35.5. The summed E-state index contributed by atoms with van der Waals surface area (Å²) in [6.07, 6.45) is 3.02. The summed E-state index contributed by atoms with van der Waals surface area (Å²) in [5.74, 6) is -0.639. The van der Waals surface area contributed by atoms with Crippen LogP contribution in [0.3, 0.4) is 0 Å². The first kappa shape index (κ1) is 19.7. The third-order valence-corrected chi connectivity index (χ3v) is 5.54. The first-order chi connectivity index (χ1) is 10.5. The Bertz CT molecular complexity index is 613. The van der Waals surface area contributed by atoms with Crippen LogP contribution in [0.2, 0.25) is 0 Å². The van der Waals surface area contributed by atoms with Gasteiger partial charge in [-0.05, 0) is 37.9 Å². The van der Waals surface area contributed by atoms with E-state index in [1.807, 2.05) is 30.3 Å². The van der Waals surface area contributed by atoms with Gasteiger partial charge in [-0.15, -0.1) is 19.0 Å². The highest BCUT2D eigenvalue weighted by molar-refractivity contribution is 7.90. The van der Waals surface area contributed by atoms with E-state index in [4.69, 9.17) is 0 Å². The van der Waals surface area contributed by atoms with Crippen molar-refractivity contribution in [3.63, 3.8) is 0 Å². The van der Waals surface area contributed by atoms with Crippen molar-refractivity contribution < 1.29 is 13.2 Å². The molecule has 7 heteroatoms. The summed E-state index contributed by atoms with van der Waals surface area (Å²) in [7, 11) is -3.76. The molecule has 1 aliphatic heterocycles. The Morgan fingerprint density at radius 1 is 1.30 bits per heavy atom. The molecule has 0 aliphatic carbocycles. The molecule has 128 valence electrons. The summed E-state index contributed by atoms with van der Waals surface area (Å²) in [4.78, 5) is 12.1. The summed E-state index contributed by atoms with van der Waals surface area (Å²) in [5, 5.41) is 2.33. The first-order valence-corrected chi connectivity index (χ1v) is 9.00. The van der Waals surface area contributed by atoms with Crippen LogP contribution in [0.15, 0.2) is 43.0 Å². The minimum absolute atomic E-state index is 0. The van der Waals surface area contributed by atoms with E-state index in [1.165, 1.54) is 6.08 Å². The van der Waals surface area contributed by atoms with Crippen LogP contribution in [-0.4, -0.2) is 32.7 Å². The number of piperidine rings is 1. The fourth-order valence-electron chi connectivity index (χ4n) is 2.55. The minimum Gasteiger partial charge on any atom is -0.317 e. The zero-order valence-corrected chi connectivity index (χ0v) is 14.5. The first-order valence-electron chi connectivity index (χ1n) is 7.45. The van der Waals surface area contributed by atoms with Crippen molar-refractivity contribution in [1.82, 2.24) is 10.0 Å². The third kappa shape index (κ3) is 5.64. The largest absolute Gasteiger partial charge is 0.317 e. The Morgan fingerprint density at radius 2 is 1.91 bits per heavy atom. The molecule has 1 atom stereocenters. The van der Waals surface area contributed by atoms with Gasteiger partial charge in [0.15, 0.2) is 0 Å². The van der Waals surface area contributed by atoms with E-state index < -0.39 is 21.2 Å². The summed E-state index contributed by atoms with van der Waals surface area (Å²) in [6.45, 7) is 5.09. The SMILES string of the molecule is C=CC(Cc1ccccc1)S(=O)(=O)NC(=O)C1CCNCC1.Cl. The van der Waals surface area contributed by atoms with Crippen LogP contribution in [0.5, 0.6) is 0 Å². The standard InChI is InChI=1S/C16H22N2O3S.ClH/c1-2-15(12-13-6-4-3-5-7-13)22(20,21)18-16(19)14-8-10-17-11-9-14;/h2-7,14-15,17H,1,8-12H2,(H,18,19);1H. The summed E-state index contributed by atoms with van der Waals surface area (Å²) < 4.78 is 27.0. The number of amides is 1. The van der Waals surface area contributed by atoms with Gasteiger partial charge in [-0.2, -0.15) is 0 Å². The number of halogens is 1. The number of carbonyl (C=O) groups excluding carboxylic acids is 1. The number of carbonyl (C=O) groups is 1. The molecule has 1 aromatic carbocycles. The maximum atomic E-state index is 12.4. The molecule has 1 saturated heterocycles. The van der Waals surface area contributed by atoms with Gasteiger partial charge >= 0.3 is 0 Å². The van der Waals surface area contributed by atoms with E-state index in [0.717, 1.165) is 18.7 Å². The summed E-state index contributed by atoms with van der Waals surface area (Å²) >= 11 is 0. The third-order valence-electron chi connectivity index (χ3n) is 3.89. The molecule has 5 nitrogen and oxygen atoms in total. The van der Waals surface area contributed by atoms with Crippen molar-refractivity contribution in [2.75, 3.05) is 13.1 Å². The number of benzene rings is 1. The molecule has 1 heterocycles. The summed E-state index contributed by atoms with van der Waals surface area (Å²) in [6, 6.07) is 9.31. The minimum atomic E-state index is -3.76. The topological polar surface area (TPSA) is 75.3 Å². The second kappa shape index (κ2) is 9.05. The average molecular weight is 359 g/mol. The van der Waals surface area contributed by atoms with Gasteiger partial charge in [-0.1, -0.05) is 36.4 Å². The zero-order valence-electron chi connectivity index (χ0n) is 12.9. The van der Waals surface area contributed by atoms with E-state index in [2.05, 4.69) is 16.6 Å². The number of sulfonamides is 1. The van der Waals surface area contributed by atoms with Gasteiger partial charge in [0.1, 0.15) is 5.25 Å². The second-order valence-electron chi connectivity index (χ2n) is 5.50. The molecule has 0 saturated carbocycles. The molecule has 1 unspecified atom stereocenters. The van der Waals surface area contributed by atoms with Gasteiger partial charge in [0, 0.05) is 5.92 Å². The predicted octanol–water partition coefficient (Wildman–Crippen LogP) is 1.65. The van der Waals surface area contributed by atoms with Gasteiger partial charge in [0.25, 0.3) is 0 Å². The van der Waals surface area contributed by atoms with E-state index in [0.29, 0.717) is 19.3 Å². The van der Waals surface area contributed by atoms with Gasteiger partial charge < -0.3 is 5.32 Å². The van der Waals surface area contributed by atoms with Crippen molar-refractivity contribution in [2.45, 2.75) is 24.5 Å². The van der Waals surface area contributed by atoms with Crippen molar-refractivity contribution in [2.24, 2.45) is 5.92 Å². The van der Waals surface area contributed by atoms with Crippen LogP contribution in [-0.2, 0) is 21.2 Å². The Hall–Kier alpha value is -1.37. The Kier molecular flexibility index (Phi) is 7.75. The number of hydrogen-bond acceptors (Lipinski definition) is 4. The fraction of sp³-hybridized carbons (Fsp3) is 0.438. The van der Waals surface area contributed by atoms with Gasteiger partial charge in [0.2, 0.25) is 15.9 Å². The highest BCUT2D eigenvalue weighted by Crippen LogP contribution is 2.15. The van der Waals surface area contributed by atoms with E-state index in [1.54, 1.807) is 0 Å². The number of nitrogens with one attached hydrogen (secondary N) is 2. The van der Waals surface area contributed by atoms with Crippen molar-refractivity contribution in [1.29, 1.82) is 0 Å². The molecule has 1 fully saturated rings. The molecule has 0 aromatic heterocycles. The van der Waals surface area contributed by atoms with Crippen LogP contribution < -0.4 is 10.0 Å². The fourth-order valence-corrected chi connectivity index (χ4v) is 3.81. The van der Waals surface area contributed by atoms with E-state index >= 15 is 0 Å². The van der Waals surface area contributed by atoms with Crippen LogP contribution in [0, 0.1) is 5.92 Å². The zero-order chi connectivity index (χ0) is 16.0. The molecule has 0 spiro atoms. The molecule has 1 amide bonds. The van der Waals surface area contributed by atoms with Gasteiger partial charge in [-0.3, -0.25) is 9.52 Å². The molecular formula is C16H23ClN2O3S. The molecular weight excluding hydrogens is 336 g/mol. The van der Waals surface area contributed by atoms with E-state index in [-0.39, 0.29) is 18.3 Å². The lowest BCUT2D eigenvalue weighted by Gasteiger charge is -2.23. The maximum Gasteiger partial charge on any atom is 0.241 e. The second-order valence-corrected chi connectivity index (χ2v) is 7.40. The lowest BCUT2D eigenvalue weighted by molar-refractivity contribution is -0.123. The molecule has 0 radical (unpaired) electrons. The lowest BCUT2D eigenvalue weighted by Crippen LogP contribution is -2.44. The van der Waals surface area contributed by atoms with Crippen molar-refractivity contribution in [3.8, 4) is 0 Å². The molecule has 1 aromatic rings. The normalized spacial score (nSPS) is 16.9. The van der Waals surface area contributed by atoms with Crippen molar-refractivity contribution in [3.05, 3.63) is 48.6 Å². The van der Waals surface area contributed by atoms with Gasteiger partial charge in [0.05, 0.1) is 0 Å². The summed E-state index contributed by atoms with van der Waals surface area (Å²) in [5.41, 5.74) is 0.895. The highest BCUT2D eigenvalue weighted by Gasteiger charge is 2.29. The number of hydrogen-bond donors (Lipinski definition) is 2.